The summed E-state index contributed by atoms with van der Waals surface area (Å²) in [6.07, 6.45) is 1.07. The van der Waals surface area contributed by atoms with Crippen LogP contribution in [0.3, 0.4) is 0 Å². The molecule has 0 bridgehead atoms. The van der Waals surface area contributed by atoms with Gasteiger partial charge in [-0.25, -0.2) is 4.39 Å². The number of benzene rings is 1. The number of ether oxygens (including phenoxy) is 1. The van der Waals surface area contributed by atoms with E-state index >= 15 is 0 Å². The molecule has 9 heteroatoms. The van der Waals surface area contributed by atoms with Gasteiger partial charge in [0.1, 0.15) is 17.3 Å². The number of aromatic nitrogens is 3. The van der Waals surface area contributed by atoms with E-state index in [1.54, 1.807) is 17.0 Å². The third-order valence-electron chi connectivity index (χ3n) is 5.60. The lowest BCUT2D eigenvalue weighted by molar-refractivity contribution is 0.0701. The Hall–Kier alpha value is -2.58. The van der Waals surface area contributed by atoms with Crippen LogP contribution in [0.4, 0.5) is 10.2 Å². The van der Waals surface area contributed by atoms with Crippen molar-refractivity contribution in [3.05, 3.63) is 46.5 Å². The maximum absolute atomic E-state index is 13.7. The van der Waals surface area contributed by atoms with Crippen LogP contribution in [0, 0.1) is 11.7 Å². The van der Waals surface area contributed by atoms with Crippen LogP contribution in [0.5, 0.6) is 0 Å². The SMILES string of the molecule is O=C(c1cc2c(Cl)c(F)ccc2[nH]1)N1CCn2nc(NCC3CCOC3)cc2C1. The van der Waals surface area contributed by atoms with Gasteiger partial charge in [-0.1, -0.05) is 11.6 Å². The summed E-state index contributed by atoms with van der Waals surface area (Å²) in [4.78, 5) is 17.8. The highest BCUT2D eigenvalue weighted by Gasteiger charge is 2.25. The molecule has 0 aliphatic carbocycles. The molecule has 7 nitrogen and oxygen atoms in total. The topological polar surface area (TPSA) is 75.2 Å². The fourth-order valence-corrected chi connectivity index (χ4v) is 4.17. The van der Waals surface area contributed by atoms with Crippen LogP contribution in [0.15, 0.2) is 24.3 Å². The van der Waals surface area contributed by atoms with E-state index in [4.69, 9.17) is 16.3 Å². The number of anilines is 1. The summed E-state index contributed by atoms with van der Waals surface area (Å²) in [6.45, 7) is 4.12. The summed E-state index contributed by atoms with van der Waals surface area (Å²) in [5, 5.41) is 8.51. The van der Waals surface area contributed by atoms with Crippen molar-refractivity contribution in [1.29, 1.82) is 0 Å². The van der Waals surface area contributed by atoms with Crippen molar-refractivity contribution in [3.8, 4) is 0 Å². The van der Waals surface area contributed by atoms with Gasteiger partial charge in [0, 0.05) is 42.6 Å². The van der Waals surface area contributed by atoms with Crippen LogP contribution in [-0.2, 0) is 17.8 Å². The molecule has 2 N–H and O–H groups in total. The molecule has 1 fully saturated rings. The Bertz CT molecular complexity index is 1070. The van der Waals surface area contributed by atoms with Gasteiger partial charge >= 0.3 is 0 Å². The van der Waals surface area contributed by atoms with Gasteiger partial charge in [-0.2, -0.15) is 5.10 Å². The second-order valence-electron chi connectivity index (χ2n) is 7.59. The van der Waals surface area contributed by atoms with E-state index in [1.165, 1.54) is 6.07 Å². The lowest BCUT2D eigenvalue weighted by atomic mass is 10.1. The van der Waals surface area contributed by atoms with Crippen LogP contribution in [0.1, 0.15) is 22.6 Å². The second kappa shape index (κ2) is 7.35. The summed E-state index contributed by atoms with van der Waals surface area (Å²) in [5.74, 6) is 0.713. The molecule has 4 heterocycles. The number of halogens is 2. The van der Waals surface area contributed by atoms with Crippen molar-refractivity contribution in [2.24, 2.45) is 5.92 Å². The van der Waals surface area contributed by atoms with Crippen LogP contribution in [-0.4, -0.2) is 51.9 Å². The normalized spacial score (nSPS) is 19.0. The Morgan fingerprint density at radius 1 is 1.38 bits per heavy atom. The van der Waals surface area contributed by atoms with Crippen molar-refractivity contribution < 1.29 is 13.9 Å². The quantitative estimate of drug-likeness (QED) is 0.683. The number of aromatic amines is 1. The Morgan fingerprint density at radius 3 is 3.10 bits per heavy atom. The number of hydrogen-bond acceptors (Lipinski definition) is 4. The average Bonchev–Trinajstić information content (AvgIpc) is 3.47. The number of carbonyl (C=O) groups is 1. The lowest BCUT2D eigenvalue weighted by Gasteiger charge is -2.27. The zero-order valence-corrected chi connectivity index (χ0v) is 16.5. The molecular formula is C20H21ClFN5O2. The van der Waals surface area contributed by atoms with E-state index in [0.29, 0.717) is 42.1 Å². The summed E-state index contributed by atoms with van der Waals surface area (Å²) >= 11 is 6.03. The van der Waals surface area contributed by atoms with Gasteiger partial charge in [-0.05, 0) is 24.6 Å². The predicted molar refractivity (Wildman–Crippen MR) is 108 cm³/mol. The number of H-pyrrole nitrogens is 1. The molecule has 1 unspecified atom stereocenters. The molecule has 152 valence electrons. The number of hydrogen-bond donors (Lipinski definition) is 2. The first kappa shape index (κ1) is 18.4. The molecule has 0 radical (unpaired) electrons. The third-order valence-corrected chi connectivity index (χ3v) is 5.99. The monoisotopic (exact) mass is 417 g/mol. The summed E-state index contributed by atoms with van der Waals surface area (Å²) < 4.78 is 21.0. The van der Waals surface area contributed by atoms with Crippen molar-refractivity contribution in [3.63, 3.8) is 0 Å². The highest BCUT2D eigenvalue weighted by Crippen LogP contribution is 2.28. The highest BCUT2D eigenvalue weighted by molar-refractivity contribution is 6.35. The highest BCUT2D eigenvalue weighted by atomic mass is 35.5. The zero-order chi connectivity index (χ0) is 20.0. The Kier molecular flexibility index (Phi) is 4.67. The number of fused-ring (bicyclic) bond motifs is 2. The average molecular weight is 418 g/mol. The van der Waals surface area contributed by atoms with Gasteiger partial charge in [0.2, 0.25) is 0 Å². The van der Waals surface area contributed by atoms with E-state index in [9.17, 15) is 9.18 Å². The molecule has 5 rings (SSSR count). The minimum absolute atomic E-state index is 0.0258. The first-order valence-corrected chi connectivity index (χ1v) is 10.1. The maximum atomic E-state index is 13.7. The smallest absolute Gasteiger partial charge is 0.270 e. The van der Waals surface area contributed by atoms with E-state index in [0.717, 1.165) is 37.7 Å². The Labute approximate surface area is 171 Å². The van der Waals surface area contributed by atoms with E-state index in [-0.39, 0.29) is 10.9 Å². The number of nitrogens with one attached hydrogen (secondary N) is 2. The molecule has 1 amide bonds. The zero-order valence-electron chi connectivity index (χ0n) is 15.8. The molecule has 0 spiro atoms. The standard InChI is InChI=1S/C20H21ClFN5O2/c21-19-14-8-17(24-16(14)2-1-15(19)22)20(28)26-4-5-27-13(10-26)7-18(25-27)23-9-12-3-6-29-11-12/h1-2,7-8,12,24H,3-6,9-11H2,(H,23,25). The fourth-order valence-electron chi connectivity index (χ4n) is 3.95. The summed E-state index contributed by atoms with van der Waals surface area (Å²) in [7, 11) is 0. The van der Waals surface area contributed by atoms with Crippen LogP contribution in [0.2, 0.25) is 5.02 Å². The van der Waals surface area contributed by atoms with Crippen molar-refractivity contribution in [2.75, 3.05) is 31.6 Å². The Morgan fingerprint density at radius 2 is 2.28 bits per heavy atom. The molecule has 29 heavy (non-hydrogen) atoms. The third kappa shape index (κ3) is 3.47. The minimum Gasteiger partial charge on any atom is -0.381 e. The molecule has 0 saturated carbocycles. The van der Waals surface area contributed by atoms with Crippen molar-refractivity contribution >= 4 is 34.2 Å². The minimum atomic E-state index is -0.497. The molecule has 1 saturated heterocycles. The first-order valence-electron chi connectivity index (χ1n) is 9.73. The summed E-state index contributed by atoms with van der Waals surface area (Å²) in [5.41, 5.74) is 2.03. The molecule has 1 aromatic carbocycles. The largest absolute Gasteiger partial charge is 0.381 e. The Balaban J connectivity index is 1.30. The van der Waals surface area contributed by atoms with Gasteiger partial charge in [-0.3, -0.25) is 9.48 Å². The van der Waals surface area contributed by atoms with E-state index in [1.807, 2.05) is 10.7 Å². The second-order valence-corrected chi connectivity index (χ2v) is 7.96. The van der Waals surface area contributed by atoms with Crippen molar-refractivity contribution in [2.45, 2.75) is 19.5 Å². The maximum Gasteiger partial charge on any atom is 0.270 e. The van der Waals surface area contributed by atoms with E-state index in [2.05, 4.69) is 15.4 Å². The van der Waals surface area contributed by atoms with Crippen LogP contribution in [0.25, 0.3) is 10.9 Å². The number of carbonyl (C=O) groups excluding carboxylic acids is 1. The molecule has 3 aromatic rings. The van der Waals surface area contributed by atoms with Gasteiger partial charge in [0.05, 0.1) is 30.4 Å². The molecule has 2 aliphatic heterocycles. The van der Waals surface area contributed by atoms with Gasteiger partial charge in [-0.15, -0.1) is 0 Å². The predicted octanol–water partition coefficient (Wildman–Crippen LogP) is 3.26. The lowest BCUT2D eigenvalue weighted by Crippen LogP contribution is -2.38. The molecule has 2 aliphatic rings. The molecule has 1 atom stereocenters. The first-order chi connectivity index (χ1) is 14.1. The number of rotatable bonds is 4. The molecular weight excluding hydrogens is 397 g/mol. The van der Waals surface area contributed by atoms with Gasteiger partial charge < -0.3 is 19.9 Å². The van der Waals surface area contributed by atoms with E-state index < -0.39 is 5.82 Å². The number of amides is 1. The van der Waals surface area contributed by atoms with Gasteiger partial charge in [0.15, 0.2) is 0 Å². The van der Waals surface area contributed by atoms with Crippen LogP contribution >= 0.6 is 11.6 Å². The summed E-state index contributed by atoms with van der Waals surface area (Å²) in [6, 6.07) is 6.49. The fraction of sp³-hybridized carbons (Fsp3) is 0.400. The van der Waals surface area contributed by atoms with Crippen molar-refractivity contribution in [1.82, 2.24) is 19.7 Å². The molecule has 2 aromatic heterocycles. The van der Waals surface area contributed by atoms with Crippen LogP contribution < -0.4 is 5.32 Å². The van der Waals surface area contributed by atoms with Gasteiger partial charge in [0.25, 0.3) is 5.91 Å². The number of nitrogens with zero attached hydrogens (tertiary/aromatic N) is 3.